The zero-order valence-corrected chi connectivity index (χ0v) is 17.7. The molecule has 0 saturated heterocycles. The van der Waals surface area contributed by atoms with E-state index in [1.165, 1.54) is 12.5 Å². The standard InChI is InChI=1S/C24H33NO3/c1-17(2)25(18(3)4)14-13-22(21-9-7-6-8-10-21)23-15-20(16-26)11-12-24(23)28-19(5)27/h6-12,15,17-18,22,26H,13-14,16H2,1-5H3. The lowest BCUT2D eigenvalue weighted by Gasteiger charge is -2.32. The quantitative estimate of drug-likeness (QED) is 0.502. The number of aliphatic hydroxyl groups is 1. The third-order valence-electron chi connectivity index (χ3n) is 5.09. The molecule has 0 saturated carbocycles. The summed E-state index contributed by atoms with van der Waals surface area (Å²) in [4.78, 5) is 14.1. The minimum absolute atomic E-state index is 0.0427. The van der Waals surface area contributed by atoms with Crippen LogP contribution >= 0.6 is 0 Å². The van der Waals surface area contributed by atoms with E-state index in [0.29, 0.717) is 17.8 Å². The van der Waals surface area contributed by atoms with Gasteiger partial charge in [-0.2, -0.15) is 0 Å². The van der Waals surface area contributed by atoms with Gasteiger partial charge in [-0.1, -0.05) is 36.4 Å². The molecule has 0 aliphatic heterocycles. The predicted molar refractivity (Wildman–Crippen MR) is 114 cm³/mol. The van der Waals surface area contributed by atoms with Crippen molar-refractivity contribution in [3.8, 4) is 5.75 Å². The van der Waals surface area contributed by atoms with Crippen molar-refractivity contribution in [3.05, 3.63) is 65.2 Å². The highest BCUT2D eigenvalue weighted by Gasteiger charge is 2.22. The largest absolute Gasteiger partial charge is 0.426 e. The first-order valence-electron chi connectivity index (χ1n) is 10.1. The Morgan fingerprint density at radius 3 is 2.21 bits per heavy atom. The molecular formula is C24H33NO3. The third-order valence-corrected chi connectivity index (χ3v) is 5.09. The normalized spacial score (nSPS) is 12.6. The number of hydrogen-bond acceptors (Lipinski definition) is 4. The van der Waals surface area contributed by atoms with Gasteiger partial charge in [0.05, 0.1) is 6.61 Å². The number of nitrogens with zero attached hydrogens (tertiary/aromatic N) is 1. The number of rotatable bonds is 9. The molecule has 152 valence electrons. The van der Waals surface area contributed by atoms with Gasteiger partial charge in [0.15, 0.2) is 0 Å². The molecule has 2 aromatic rings. The molecule has 28 heavy (non-hydrogen) atoms. The summed E-state index contributed by atoms with van der Waals surface area (Å²) in [6.45, 7) is 11.2. The lowest BCUT2D eigenvalue weighted by Crippen LogP contribution is -2.38. The summed E-state index contributed by atoms with van der Waals surface area (Å²) in [6.07, 6.45) is 0.892. The number of carbonyl (C=O) groups excluding carboxylic acids is 1. The zero-order valence-electron chi connectivity index (χ0n) is 17.7. The minimum atomic E-state index is -0.337. The second-order valence-electron chi connectivity index (χ2n) is 7.80. The van der Waals surface area contributed by atoms with E-state index in [9.17, 15) is 9.90 Å². The van der Waals surface area contributed by atoms with Crippen molar-refractivity contribution in [1.82, 2.24) is 4.90 Å². The Balaban J connectivity index is 2.46. The molecule has 0 bridgehead atoms. The van der Waals surface area contributed by atoms with E-state index in [1.54, 1.807) is 12.1 Å². The molecule has 0 fully saturated rings. The minimum Gasteiger partial charge on any atom is -0.426 e. The SMILES string of the molecule is CC(=O)Oc1ccc(CO)cc1C(CCN(C(C)C)C(C)C)c1ccccc1. The molecule has 1 atom stereocenters. The first kappa shape index (κ1) is 22.1. The van der Waals surface area contributed by atoms with Gasteiger partial charge in [0, 0.05) is 30.5 Å². The van der Waals surface area contributed by atoms with Crippen LogP contribution in [-0.2, 0) is 11.4 Å². The molecular weight excluding hydrogens is 350 g/mol. The van der Waals surface area contributed by atoms with Gasteiger partial charge in [-0.3, -0.25) is 9.69 Å². The second kappa shape index (κ2) is 10.4. The Morgan fingerprint density at radius 2 is 1.68 bits per heavy atom. The number of esters is 1. The first-order valence-corrected chi connectivity index (χ1v) is 10.1. The van der Waals surface area contributed by atoms with Gasteiger partial charge in [0.1, 0.15) is 5.75 Å². The van der Waals surface area contributed by atoms with E-state index in [4.69, 9.17) is 4.74 Å². The Morgan fingerprint density at radius 1 is 1.04 bits per heavy atom. The van der Waals surface area contributed by atoms with Gasteiger partial charge in [0.2, 0.25) is 0 Å². The van der Waals surface area contributed by atoms with Crippen LogP contribution < -0.4 is 4.74 Å². The highest BCUT2D eigenvalue weighted by molar-refractivity contribution is 5.70. The Hall–Kier alpha value is -2.17. The van der Waals surface area contributed by atoms with Crippen LogP contribution in [0.4, 0.5) is 0 Å². The van der Waals surface area contributed by atoms with Crippen LogP contribution in [0.25, 0.3) is 0 Å². The monoisotopic (exact) mass is 383 g/mol. The highest BCUT2D eigenvalue weighted by Crippen LogP contribution is 2.36. The van der Waals surface area contributed by atoms with Crippen LogP contribution in [0, 0.1) is 0 Å². The van der Waals surface area contributed by atoms with E-state index in [1.807, 2.05) is 24.3 Å². The van der Waals surface area contributed by atoms with Crippen LogP contribution in [0.1, 0.15) is 63.6 Å². The number of ether oxygens (including phenoxy) is 1. The van der Waals surface area contributed by atoms with Crippen LogP contribution in [0.5, 0.6) is 5.75 Å². The van der Waals surface area contributed by atoms with E-state index in [2.05, 4.69) is 44.7 Å². The molecule has 0 aliphatic carbocycles. The molecule has 1 N–H and O–H groups in total. The summed E-state index contributed by atoms with van der Waals surface area (Å²) < 4.78 is 5.51. The van der Waals surface area contributed by atoms with Crippen LogP contribution in [0.2, 0.25) is 0 Å². The molecule has 2 rings (SSSR count). The molecule has 4 nitrogen and oxygen atoms in total. The van der Waals surface area contributed by atoms with Crippen molar-refractivity contribution in [3.63, 3.8) is 0 Å². The molecule has 0 aliphatic rings. The van der Waals surface area contributed by atoms with Crippen molar-refractivity contribution in [2.24, 2.45) is 0 Å². The summed E-state index contributed by atoms with van der Waals surface area (Å²) in [6, 6.07) is 16.8. The number of carbonyl (C=O) groups is 1. The maximum Gasteiger partial charge on any atom is 0.308 e. The van der Waals surface area contributed by atoms with Crippen molar-refractivity contribution in [2.75, 3.05) is 6.54 Å². The van der Waals surface area contributed by atoms with Crippen molar-refractivity contribution < 1.29 is 14.6 Å². The maximum absolute atomic E-state index is 11.6. The fourth-order valence-corrected chi connectivity index (χ4v) is 3.79. The zero-order chi connectivity index (χ0) is 20.7. The lowest BCUT2D eigenvalue weighted by molar-refractivity contribution is -0.131. The van der Waals surface area contributed by atoms with E-state index in [0.717, 1.165) is 24.1 Å². The molecule has 0 aromatic heterocycles. The molecule has 2 aromatic carbocycles. The summed E-state index contributed by atoms with van der Waals surface area (Å²) in [7, 11) is 0. The third kappa shape index (κ3) is 5.91. The van der Waals surface area contributed by atoms with Gasteiger partial charge in [0.25, 0.3) is 0 Å². The Bertz CT molecular complexity index is 748. The summed E-state index contributed by atoms with van der Waals surface area (Å²) in [5.74, 6) is 0.303. The number of aliphatic hydroxyl groups excluding tert-OH is 1. The average molecular weight is 384 g/mol. The summed E-state index contributed by atoms with van der Waals surface area (Å²) >= 11 is 0. The van der Waals surface area contributed by atoms with E-state index in [-0.39, 0.29) is 18.5 Å². The van der Waals surface area contributed by atoms with Crippen molar-refractivity contribution >= 4 is 5.97 Å². The molecule has 0 amide bonds. The first-order chi connectivity index (χ1) is 13.3. The average Bonchev–Trinajstić information content (AvgIpc) is 2.65. The fourth-order valence-electron chi connectivity index (χ4n) is 3.79. The van der Waals surface area contributed by atoms with E-state index >= 15 is 0 Å². The van der Waals surface area contributed by atoms with Gasteiger partial charge in [-0.25, -0.2) is 0 Å². The smallest absolute Gasteiger partial charge is 0.308 e. The van der Waals surface area contributed by atoms with Gasteiger partial charge >= 0.3 is 5.97 Å². The van der Waals surface area contributed by atoms with Gasteiger partial charge in [-0.05, 0) is 63.9 Å². The number of benzene rings is 2. The van der Waals surface area contributed by atoms with E-state index < -0.39 is 0 Å². The lowest BCUT2D eigenvalue weighted by atomic mass is 9.86. The van der Waals surface area contributed by atoms with Crippen molar-refractivity contribution in [1.29, 1.82) is 0 Å². The van der Waals surface area contributed by atoms with Crippen LogP contribution in [0.15, 0.2) is 48.5 Å². The molecule has 0 radical (unpaired) electrons. The highest BCUT2D eigenvalue weighted by atomic mass is 16.5. The molecule has 0 heterocycles. The summed E-state index contributed by atoms with van der Waals surface area (Å²) in [5, 5.41) is 9.63. The number of hydrogen-bond donors (Lipinski definition) is 1. The molecule has 0 spiro atoms. The Labute approximate surface area is 169 Å². The summed E-state index contributed by atoms with van der Waals surface area (Å²) in [5.41, 5.74) is 2.94. The van der Waals surface area contributed by atoms with Crippen LogP contribution in [-0.4, -0.2) is 34.6 Å². The maximum atomic E-state index is 11.6. The molecule has 4 heteroatoms. The van der Waals surface area contributed by atoms with Crippen LogP contribution in [0.3, 0.4) is 0 Å². The van der Waals surface area contributed by atoms with Crippen molar-refractivity contribution in [2.45, 2.75) is 65.6 Å². The fraction of sp³-hybridized carbons (Fsp3) is 0.458. The Kier molecular flexibility index (Phi) is 8.21. The molecule has 1 unspecified atom stereocenters. The van der Waals surface area contributed by atoms with Gasteiger partial charge < -0.3 is 9.84 Å². The second-order valence-corrected chi connectivity index (χ2v) is 7.80. The van der Waals surface area contributed by atoms with Gasteiger partial charge in [-0.15, -0.1) is 0 Å². The predicted octanol–water partition coefficient (Wildman–Crippen LogP) is 4.75. The topological polar surface area (TPSA) is 49.8 Å².